The third kappa shape index (κ3) is 3.72. The van der Waals surface area contributed by atoms with Crippen LogP contribution in [0.25, 0.3) is 27.5 Å². The maximum absolute atomic E-state index is 12.1. The molecule has 4 rings (SSSR count). The van der Waals surface area contributed by atoms with E-state index in [4.69, 9.17) is 28.3 Å². The fourth-order valence-corrected chi connectivity index (χ4v) is 4.71. The summed E-state index contributed by atoms with van der Waals surface area (Å²) >= 11 is 13.5. The van der Waals surface area contributed by atoms with Crippen LogP contribution in [0.3, 0.4) is 0 Å². The number of halogens is 2. The van der Waals surface area contributed by atoms with Crippen molar-refractivity contribution in [3.05, 3.63) is 76.1 Å². The molecule has 0 aliphatic carbocycles. The van der Waals surface area contributed by atoms with Crippen LogP contribution in [0, 0.1) is 0 Å². The van der Waals surface area contributed by atoms with Crippen LogP contribution < -0.4 is 5.14 Å². The van der Waals surface area contributed by atoms with Gasteiger partial charge in [-0.3, -0.25) is 0 Å². The summed E-state index contributed by atoms with van der Waals surface area (Å²) in [5, 5.41) is 10.7. The van der Waals surface area contributed by atoms with Gasteiger partial charge in [0.1, 0.15) is 4.90 Å². The molecule has 0 radical (unpaired) electrons. The van der Waals surface area contributed by atoms with Crippen molar-refractivity contribution in [3.8, 4) is 27.5 Å². The Hall–Kier alpha value is -2.16. The second-order valence-electron chi connectivity index (χ2n) is 5.95. The minimum Gasteiger partial charge on any atom is -0.230 e. The van der Waals surface area contributed by atoms with Crippen LogP contribution in [0.1, 0.15) is 0 Å². The first-order valence-corrected chi connectivity index (χ1v) is 11.2. The molecular weight excluding hydrogens is 437 g/mol. The van der Waals surface area contributed by atoms with Gasteiger partial charge in [-0.1, -0.05) is 47.5 Å². The van der Waals surface area contributed by atoms with Crippen LogP contribution in [0.4, 0.5) is 0 Å². The van der Waals surface area contributed by atoms with Gasteiger partial charge in [0, 0.05) is 10.6 Å². The summed E-state index contributed by atoms with van der Waals surface area (Å²) in [6.45, 7) is 0. The van der Waals surface area contributed by atoms with Gasteiger partial charge in [0.2, 0.25) is 10.0 Å². The quantitative estimate of drug-likeness (QED) is 0.463. The summed E-state index contributed by atoms with van der Waals surface area (Å²) in [6.07, 6.45) is 0. The highest BCUT2D eigenvalue weighted by molar-refractivity contribution is 7.89. The third-order valence-corrected chi connectivity index (χ3v) is 6.54. The lowest BCUT2D eigenvalue weighted by Crippen LogP contribution is -2.16. The Balaban J connectivity index is 1.98. The standard InChI is InChI=1S/C19H13Cl2N3O2S2/c20-13-7-5-12(6-8-13)14-11-16(17-9-10-19(21)27-17)24(23-14)15-3-1-2-4-18(15)28(22,25)26/h1-11H,(H2,22,25,26). The number of hydrogen-bond acceptors (Lipinski definition) is 4. The van der Waals surface area contributed by atoms with Crippen molar-refractivity contribution in [3.63, 3.8) is 0 Å². The van der Waals surface area contributed by atoms with Gasteiger partial charge in [-0.25, -0.2) is 18.2 Å². The predicted octanol–water partition coefficient (Wildman–Crippen LogP) is 5.22. The molecular formula is C19H13Cl2N3O2S2. The Labute approximate surface area is 176 Å². The van der Waals surface area contributed by atoms with E-state index in [9.17, 15) is 8.42 Å². The number of nitrogens with zero attached hydrogens (tertiary/aromatic N) is 2. The topological polar surface area (TPSA) is 78.0 Å². The molecule has 0 fully saturated rings. The highest BCUT2D eigenvalue weighted by Crippen LogP contribution is 2.36. The number of sulfonamides is 1. The number of primary sulfonamides is 1. The first-order valence-electron chi connectivity index (χ1n) is 8.07. The van der Waals surface area contributed by atoms with Crippen LogP contribution in [-0.4, -0.2) is 18.2 Å². The first kappa shape index (κ1) is 19.2. The highest BCUT2D eigenvalue weighted by Gasteiger charge is 2.20. The van der Waals surface area contributed by atoms with Crippen molar-refractivity contribution in [2.24, 2.45) is 5.14 Å². The third-order valence-electron chi connectivity index (χ3n) is 4.07. The van der Waals surface area contributed by atoms with Gasteiger partial charge in [0.15, 0.2) is 0 Å². The number of rotatable bonds is 4. The summed E-state index contributed by atoms with van der Waals surface area (Å²) in [6, 6.07) is 19.3. The summed E-state index contributed by atoms with van der Waals surface area (Å²) in [5.41, 5.74) is 2.59. The maximum Gasteiger partial charge on any atom is 0.240 e. The zero-order valence-electron chi connectivity index (χ0n) is 14.2. The predicted molar refractivity (Wildman–Crippen MR) is 114 cm³/mol. The van der Waals surface area contributed by atoms with E-state index in [0.717, 1.165) is 10.4 Å². The monoisotopic (exact) mass is 449 g/mol. The number of benzene rings is 2. The molecule has 0 spiro atoms. The Bertz CT molecular complexity index is 1260. The molecule has 2 aromatic heterocycles. The van der Waals surface area contributed by atoms with Crippen molar-refractivity contribution >= 4 is 44.6 Å². The Kier molecular flexibility index (Phi) is 5.03. The maximum atomic E-state index is 12.1. The van der Waals surface area contributed by atoms with Crippen molar-refractivity contribution < 1.29 is 8.42 Å². The number of hydrogen-bond donors (Lipinski definition) is 1. The second kappa shape index (κ2) is 7.35. The van der Waals surface area contributed by atoms with Crippen LogP contribution in [0.5, 0.6) is 0 Å². The molecule has 0 aliphatic rings. The van der Waals surface area contributed by atoms with E-state index in [0.29, 0.717) is 26.4 Å². The average molecular weight is 450 g/mol. The average Bonchev–Trinajstić information content (AvgIpc) is 3.28. The van der Waals surface area contributed by atoms with Gasteiger partial charge < -0.3 is 0 Å². The lowest BCUT2D eigenvalue weighted by Gasteiger charge is -2.10. The number of para-hydroxylation sites is 1. The largest absolute Gasteiger partial charge is 0.240 e. The van der Waals surface area contributed by atoms with Crippen molar-refractivity contribution in [2.45, 2.75) is 4.90 Å². The molecule has 0 unspecified atom stereocenters. The van der Waals surface area contributed by atoms with Crippen LogP contribution in [0.2, 0.25) is 9.36 Å². The Morgan fingerprint density at radius 1 is 0.964 bits per heavy atom. The molecule has 0 saturated carbocycles. The van der Waals surface area contributed by atoms with Crippen LogP contribution >= 0.6 is 34.5 Å². The van der Waals surface area contributed by atoms with Gasteiger partial charge in [0.05, 0.1) is 26.3 Å². The van der Waals surface area contributed by atoms with Gasteiger partial charge in [-0.15, -0.1) is 11.3 Å². The first-order chi connectivity index (χ1) is 13.3. The zero-order chi connectivity index (χ0) is 19.9. The molecule has 0 aliphatic heterocycles. The van der Waals surface area contributed by atoms with Gasteiger partial charge >= 0.3 is 0 Å². The van der Waals surface area contributed by atoms with Gasteiger partial charge in [-0.2, -0.15) is 5.10 Å². The Morgan fingerprint density at radius 3 is 2.32 bits per heavy atom. The fourth-order valence-electron chi connectivity index (χ4n) is 2.83. The SMILES string of the molecule is NS(=O)(=O)c1ccccc1-n1nc(-c2ccc(Cl)cc2)cc1-c1ccc(Cl)s1. The summed E-state index contributed by atoms with van der Waals surface area (Å²) < 4.78 is 26.4. The number of aromatic nitrogens is 2. The van der Waals surface area contributed by atoms with E-state index in [2.05, 4.69) is 5.10 Å². The fraction of sp³-hybridized carbons (Fsp3) is 0. The Morgan fingerprint density at radius 2 is 1.68 bits per heavy atom. The minimum atomic E-state index is -3.94. The molecule has 2 heterocycles. The number of nitrogens with two attached hydrogens (primary N) is 1. The molecule has 0 saturated heterocycles. The van der Waals surface area contributed by atoms with Crippen LogP contribution in [0.15, 0.2) is 71.6 Å². The molecule has 9 heteroatoms. The highest BCUT2D eigenvalue weighted by atomic mass is 35.5. The van der Waals surface area contributed by atoms with E-state index in [1.54, 1.807) is 41.1 Å². The summed E-state index contributed by atoms with van der Waals surface area (Å²) in [4.78, 5) is 0.839. The van der Waals surface area contributed by atoms with Gasteiger partial charge in [0.25, 0.3) is 0 Å². The van der Waals surface area contributed by atoms with Crippen molar-refractivity contribution in [2.75, 3.05) is 0 Å². The lowest BCUT2D eigenvalue weighted by atomic mass is 10.1. The van der Waals surface area contributed by atoms with E-state index in [1.165, 1.54) is 17.4 Å². The normalized spacial score (nSPS) is 11.7. The molecule has 2 aromatic carbocycles. The van der Waals surface area contributed by atoms with Crippen molar-refractivity contribution in [1.82, 2.24) is 9.78 Å². The zero-order valence-corrected chi connectivity index (χ0v) is 17.4. The summed E-state index contributed by atoms with van der Waals surface area (Å²) in [5.74, 6) is 0. The molecule has 4 aromatic rings. The van der Waals surface area contributed by atoms with E-state index < -0.39 is 10.0 Å². The smallest absolute Gasteiger partial charge is 0.230 e. The molecule has 0 bridgehead atoms. The molecule has 28 heavy (non-hydrogen) atoms. The second-order valence-corrected chi connectivity index (χ2v) is 9.63. The molecule has 2 N–H and O–H groups in total. The van der Waals surface area contributed by atoms with E-state index in [1.807, 2.05) is 24.3 Å². The number of thiophene rings is 1. The minimum absolute atomic E-state index is 0.00957. The lowest BCUT2D eigenvalue weighted by molar-refractivity contribution is 0.596. The van der Waals surface area contributed by atoms with E-state index >= 15 is 0 Å². The molecule has 0 amide bonds. The van der Waals surface area contributed by atoms with Crippen molar-refractivity contribution in [1.29, 1.82) is 0 Å². The summed E-state index contributed by atoms with van der Waals surface area (Å²) in [7, 11) is -3.94. The molecule has 5 nitrogen and oxygen atoms in total. The van der Waals surface area contributed by atoms with Crippen LogP contribution in [-0.2, 0) is 10.0 Å². The van der Waals surface area contributed by atoms with E-state index in [-0.39, 0.29) is 4.90 Å². The molecule has 142 valence electrons. The molecule has 0 atom stereocenters. The van der Waals surface area contributed by atoms with Gasteiger partial charge in [-0.05, 0) is 42.5 Å².